The first-order chi connectivity index (χ1) is 7.57. The molecule has 0 radical (unpaired) electrons. The van der Waals surface area contributed by atoms with Gasteiger partial charge in [0.2, 0.25) is 10.0 Å². The van der Waals surface area contributed by atoms with Crippen LogP contribution in [-0.2, 0) is 14.8 Å². The molecule has 16 heavy (non-hydrogen) atoms. The average molecular weight is 250 g/mol. The molecule has 1 aliphatic rings. The standard InChI is InChI=1S/C10H22N2O3S/c1-3-4-11-5-6-16(13,14)12-9-7-10(8-9)15-2/h9-12H,3-8H2,1-2H3. The molecular weight excluding hydrogens is 228 g/mol. The van der Waals surface area contributed by atoms with Crippen LogP contribution in [-0.4, -0.2) is 46.5 Å². The molecule has 0 unspecified atom stereocenters. The highest BCUT2D eigenvalue weighted by Gasteiger charge is 2.31. The first kappa shape index (κ1) is 13.9. The van der Waals surface area contributed by atoms with E-state index in [0.29, 0.717) is 6.54 Å². The third kappa shape index (κ3) is 4.78. The summed E-state index contributed by atoms with van der Waals surface area (Å²) in [6, 6.07) is 0.0705. The number of methoxy groups -OCH3 is 1. The van der Waals surface area contributed by atoms with Gasteiger partial charge in [0.1, 0.15) is 0 Å². The molecule has 0 bridgehead atoms. The molecule has 0 atom stereocenters. The molecule has 0 amide bonds. The molecule has 0 aliphatic heterocycles. The zero-order valence-electron chi connectivity index (χ0n) is 10.0. The van der Waals surface area contributed by atoms with E-state index in [4.69, 9.17) is 4.74 Å². The Morgan fingerprint density at radius 2 is 2.00 bits per heavy atom. The van der Waals surface area contributed by atoms with Gasteiger partial charge in [-0.15, -0.1) is 0 Å². The van der Waals surface area contributed by atoms with Crippen molar-refractivity contribution in [2.45, 2.75) is 38.3 Å². The van der Waals surface area contributed by atoms with Crippen LogP contribution in [0, 0.1) is 0 Å². The molecule has 96 valence electrons. The molecule has 1 saturated carbocycles. The third-order valence-electron chi connectivity index (χ3n) is 2.75. The van der Waals surface area contributed by atoms with Gasteiger partial charge < -0.3 is 10.1 Å². The number of nitrogens with one attached hydrogen (secondary N) is 2. The summed E-state index contributed by atoms with van der Waals surface area (Å²) in [6.45, 7) is 3.44. The normalized spacial score (nSPS) is 25.4. The third-order valence-corrected chi connectivity index (χ3v) is 4.18. The minimum atomic E-state index is -3.12. The zero-order chi connectivity index (χ0) is 12.0. The SMILES string of the molecule is CCCNCCS(=O)(=O)NC1CC(OC)C1. The second kappa shape index (κ2) is 6.54. The molecule has 2 N–H and O–H groups in total. The Hall–Kier alpha value is -0.170. The lowest BCUT2D eigenvalue weighted by Crippen LogP contribution is -2.48. The van der Waals surface area contributed by atoms with E-state index in [1.165, 1.54) is 0 Å². The molecule has 0 heterocycles. The number of sulfonamides is 1. The molecular formula is C10H22N2O3S. The summed E-state index contributed by atoms with van der Waals surface area (Å²) in [5, 5.41) is 3.08. The largest absolute Gasteiger partial charge is 0.381 e. The van der Waals surface area contributed by atoms with Crippen LogP contribution in [0.4, 0.5) is 0 Å². The van der Waals surface area contributed by atoms with Crippen molar-refractivity contribution in [2.24, 2.45) is 0 Å². The van der Waals surface area contributed by atoms with Crippen molar-refractivity contribution in [3.05, 3.63) is 0 Å². The number of hydrogen-bond acceptors (Lipinski definition) is 4. The molecule has 0 spiro atoms. The Morgan fingerprint density at radius 3 is 2.56 bits per heavy atom. The average Bonchev–Trinajstić information content (AvgIpc) is 2.18. The van der Waals surface area contributed by atoms with Crippen molar-refractivity contribution in [1.29, 1.82) is 0 Å². The molecule has 0 aromatic rings. The van der Waals surface area contributed by atoms with Crippen molar-refractivity contribution in [2.75, 3.05) is 26.0 Å². The van der Waals surface area contributed by atoms with Gasteiger partial charge in [-0.2, -0.15) is 0 Å². The molecule has 1 aliphatic carbocycles. The molecule has 0 saturated heterocycles. The monoisotopic (exact) mass is 250 g/mol. The van der Waals surface area contributed by atoms with E-state index in [9.17, 15) is 8.42 Å². The first-order valence-electron chi connectivity index (χ1n) is 5.81. The molecule has 5 nitrogen and oxygen atoms in total. The van der Waals surface area contributed by atoms with E-state index in [0.717, 1.165) is 25.8 Å². The van der Waals surface area contributed by atoms with Crippen molar-refractivity contribution in [1.82, 2.24) is 10.0 Å². The maximum Gasteiger partial charge on any atom is 0.213 e. The highest BCUT2D eigenvalue weighted by Crippen LogP contribution is 2.22. The van der Waals surface area contributed by atoms with Crippen LogP contribution in [0.3, 0.4) is 0 Å². The van der Waals surface area contributed by atoms with E-state index < -0.39 is 10.0 Å². The van der Waals surface area contributed by atoms with E-state index in [1.807, 2.05) is 0 Å². The fourth-order valence-electron chi connectivity index (χ4n) is 1.68. The van der Waals surface area contributed by atoms with Crippen LogP contribution in [0.15, 0.2) is 0 Å². The lowest BCUT2D eigenvalue weighted by molar-refractivity contribution is 0.0236. The van der Waals surface area contributed by atoms with Gasteiger partial charge in [-0.05, 0) is 25.8 Å². The summed E-state index contributed by atoms with van der Waals surface area (Å²) in [6.07, 6.45) is 2.83. The van der Waals surface area contributed by atoms with Gasteiger partial charge in [0.15, 0.2) is 0 Å². The van der Waals surface area contributed by atoms with E-state index in [1.54, 1.807) is 7.11 Å². The van der Waals surface area contributed by atoms with Crippen LogP contribution in [0.2, 0.25) is 0 Å². The summed E-state index contributed by atoms with van der Waals surface area (Å²) in [4.78, 5) is 0. The minimum absolute atomic E-state index is 0.0705. The maximum absolute atomic E-state index is 11.6. The summed E-state index contributed by atoms with van der Waals surface area (Å²) >= 11 is 0. The van der Waals surface area contributed by atoms with Crippen molar-refractivity contribution in [3.63, 3.8) is 0 Å². The highest BCUT2D eigenvalue weighted by molar-refractivity contribution is 7.89. The fourth-order valence-corrected chi connectivity index (χ4v) is 2.91. The van der Waals surface area contributed by atoms with Crippen LogP contribution < -0.4 is 10.0 Å². The smallest absolute Gasteiger partial charge is 0.213 e. The van der Waals surface area contributed by atoms with Crippen molar-refractivity contribution in [3.8, 4) is 0 Å². The molecule has 1 fully saturated rings. The Kier molecular flexibility index (Phi) is 5.68. The van der Waals surface area contributed by atoms with Crippen molar-refractivity contribution >= 4 is 10.0 Å². The van der Waals surface area contributed by atoms with Crippen LogP contribution in [0.5, 0.6) is 0 Å². The Morgan fingerprint density at radius 1 is 1.31 bits per heavy atom. The Balaban J connectivity index is 2.15. The molecule has 6 heteroatoms. The Bertz CT molecular complexity index is 286. The topological polar surface area (TPSA) is 67.4 Å². The lowest BCUT2D eigenvalue weighted by atomic mass is 9.90. The van der Waals surface area contributed by atoms with Crippen LogP contribution in [0.1, 0.15) is 26.2 Å². The molecule has 0 aromatic carbocycles. The molecule has 1 rings (SSSR count). The van der Waals surface area contributed by atoms with Crippen LogP contribution >= 0.6 is 0 Å². The van der Waals surface area contributed by atoms with Gasteiger partial charge in [-0.1, -0.05) is 6.92 Å². The second-order valence-corrected chi connectivity index (χ2v) is 6.09. The lowest BCUT2D eigenvalue weighted by Gasteiger charge is -2.34. The van der Waals surface area contributed by atoms with E-state index >= 15 is 0 Å². The van der Waals surface area contributed by atoms with Gasteiger partial charge in [0.05, 0.1) is 11.9 Å². The summed E-state index contributed by atoms with van der Waals surface area (Å²) in [5.41, 5.74) is 0. The summed E-state index contributed by atoms with van der Waals surface area (Å²) in [5.74, 6) is 0.154. The maximum atomic E-state index is 11.6. The van der Waals surface area contributed by atoms with Crippen LogP contribution in [0.25, 0.3) is 0 Å². The predicted octanol–water partition coefficient (Wildman–Crippen LogP) is 0.0828. The second-order valence-electron chi connectivity index (χ2n) is 4.21. The summed E-state index contributed by atoms with van der Waals surface area (Å²) < 4.78 is 31.0. The Labute approximate surface area is 98.0 Å². The minimum Gasteiger partial charge on any atom is -0.381 e. The first-order valence-corrected chi connectivity index (χ1v) is 7.46. The van der Waals surface area contributed by atoms with E-state index in [-0.39, 0.29) is 17.9 Å². The highest BCUT2D eigenvalue weighted by atomic mass is 32.2. The zero-order valence-corrected chi connectivity index (χ0v) is 10.8. The van der Waals surface area contributed by atoms with Gasteiger partial charge in [-0.25, -0.2) is 13.1 Å². The van der Waals surface area contributed by atoms with Crippen molar-refractivity contribution < 1.29 is 13.2 Å². The molecule has 0 aromatic heterocycles. The quantitative estimate of drug-likeness (QED) is 0.599. The van der Waals surface area contributed by atoms with E-state index in [2.05, 4.69) is 17.0 Å². The number of ether oxygens (including phenoxy) is 1. The fraction of sp³-hybridized carbons (Fsp3) is 1.00. The number of hydrogen-bond donors (Lipinski definition) is 2. The van der Waals surface area contributed by atoms with Gasteiger partial charge in [-0.3, -0.25) is 0 Å². The van der Waals surface area contributed by atoms with Gasteiger partial charge in [0.25, 0.3) is 0 Å². The summed E-state index contributed by atoms with van der Waals surface area (Å²) in [7, 11) is -1.47. The van der Waals surface area contributed by atoms with Gasteiger partial charge >= 0.3 is 0 Å². The predicted molar refractivity (Wildman–Crippen MR) is 63.9 cm³/mol. The van der Waals surface area contributed by atoms with Gasteiger partial charge in [0, 0.05) is 19.7 Å². The number of rotatable bonds is 8.